The number of aromatic nitrogens is 1. The molecule has 16 N–H and O–H groups in total. The van der Waals surface area contributed by atoms with Crippen molar-refractivity contribution in [2.24, 2.45) is 11.7 Å². The number of fused-ring (bicyclic) bond motifs is 2. The molecular weight excluding hydrogens is 1220 g/mol. The van der Waals surface area contributed by atoms with Gasteiger partial charge >= 0.3 is 29.6 Å². The van der Waals surface area contributed by atoms with Crippen molar-refractivity contribution >= 4 is 57.7 Å². The van der Waals surface area contributed by atoms with Crippen LogP contribution in [0.4, 0.5) is 0 Å². The second-order valence-electron chi connectivity index (χ2n) is 21.9. The first-order valence-corrected chi connectivity index (χ1v) is 29.4. The molecule has 0 aliphatic carbocycles. The van der Waals surface area contributed by atoms with Crippen LogP contribution >= 0.6 is 0 Å². The predicted octanol–water partition coefficient (Wildman–Crippen LogP) is -7.24. The fraction of sp³-hybridized carbons (Fsp3) is 0.482. The molecule has 32 nitrogen and oxygen atoms in total. The van der Waals surface area contributed by atoms with Crippen LogP contribution < -0.4 is 70.8 Å². The molecule has 7 rings (SSSR count). The monoisotopic (exact) mass is 1290 g/mol. The largest absolute Gasteiger partial charge is 1.00 e. The van der Waals surface area contributed by atoms with Crippen LogP contribution in [0, 0.1) is 5.92 Å². The fourth-order valence-corrected chi connectivity index (χ4v) is 10.7. The van der Waals surface area contributed by atoms with Crippen molar-refractivity contribution in [1.29, 1.82) is 0 Å². The summed E-state index contributed by atoms with van der Waals surface area (Å²) in [6, 6.07) is 3.39. The Balaban J connectivity index is 0.0000129. The maximum Gasteiger partial charge on any atom is 1.00 e. The number of nitrogens with one attached hydrogen (secondary N) is 5. The summed E-state index contributed by atoms with van der Waals surface area (Å²) in [6.45, 7) is 3.67. The molecule has 0 spiro atoms. The Morgan fingerprint density at radius 1 is 0.811 bits per heavy atom. The van der Waals surface area contributed by atoms with E-state index >= 15 is 0 Å². The molecule has 0 radical (unpaired) electrons. The number of benzene rings is 3. The van der Waals surface area contributed by atoms with E-state index < -0.39 is 198 Å². The van der Waals surface area contributed by atoms with Crippen molar-refractivity contribution in [1.82, 2.24) is 41.5 Å². The molecule has 4 heterocycles. The first-order chi connectivity index (χ1) is 42.0. The Morgan fingerprint density at radius 3 is 2.13 bits per heavy atom. The molecule has 1 aromatic heterocycles. The minimum atomic E-state index is -5.60. The van der Waals surface area contributed by atoms with Crippen LogP contribution in [-0.2, 0) is 44.0 Å². The van der Waals surface area contributed by atoms with Gasteiger partial charge in [0.15, 0.2) is 23.5 Å². The van der Waals surface area contributed by atoms with E-state index in [1.807, 2.05) is 10.6 Å². The van der Waals surface area contributed by atoms with Gasteiger partial charge in [-0.15, -0.1) is 0 Å². The predicted molar refractivity (Wildman–Crippen MR) is 302 cm³/mol. The number of nitrogens with two attached hydrogens (primary N) is 1. The number of ether oxygens (including phenoxy) is 1. The van der Waals surface area contributed by atoms with Crippen LogP contribution in [0.25, 0.3) is 22.6 Å². The molecule has 3 aliphatic rings. The maximum absolute atomic E-state index is 14.7. The summed E-state index contributed by atoms with van der Waals surface area (Å²) in [5.74, 6) is -13.1. The van der Waals surface area contributed by atoms with E-state index in [2.05, 4.69) is 32.2 Å². The van der Waals surface area contributed by atoms with Gasteiger partial charge in [-0.1, -0.05) is 62.2 Å². The zero-order valence-corrected chi connectivity index (χ0v) is 51.8. The number of nitrogens with zero attached hydrogens (tertiary/aromatic N) is 3. The van der Waals surface area contributed by atoms with Crippen molar-refractivity contribution in [3.8, 4) is 39.8 Å². The van der Waals surface area contributed by atoms with Gasteiger partial charge < -0.3 is 106 Å². The van der Waals surface area contributed by atoms with Gasteiger partial charge in [-0.2, -0.15) is 0 Å². The summed E-state index contributed by atoms with van der Waals surface area (Å²) < 4.78 is 50.1. The van der Waals surface area contributed by atoms with Gasteiger partial charge in [0.05, 0.1) is 37.4 Å². The number of phenolic OH excluding ortho intramolecular Hbond substituents is 1. The van der Waals surface area contributed by atoms with E-state index in [9.17, 15) is 97.3 Å². The second-order valence-corrected chi connectivity index (χ2v) is 22.9. The number of unbranched alkanes of at least 4 members (excludes halogenated alkanes) is 2. The first kappa shape index (κ1) is 71.7. The van der Waals surface area contributed by atoms with Crippen molar-refractivity contribution in [2.75, 3.05) is 19.7 Å². The van der Waals surface area contributed by atoms with Crippen LogP contribution in [0.1, 0.15) is 81.3 Å². The van der Waals surface area contributed by atoms with Gasteiger partial charge in [-0.05, 0) is 55.3 Å². The maximum atomic E-state index is 14.7. The van der Waals surface area contributed by atoms with Gasteiger partial charge in [0, 0.05) is 54.6 Å². The van der Waals surface area contributed by atoms with Crippen molar-refractivity contribution in [3.05, 3.63) is 83.9 Å². The van der Waals surface area contributed by atoms with E-state index in [-0.39, 0.29) is 35.1 Å². The molecule has 0 bridgehead atoms. The zero-order valence-electron chi connectivity index (χ0n) is 49.0. The molecular formula is C56H70N9NaO23S. The molecule has 4 aromatic rings. The Labute approximate surface area is 536 Å². The number of aliphatic hydroxyl groups excluding tert-OH is 8. The van der Waals surface area contributed by atoms with Crippen LogP contribution in [0.3, 0.4) is 0 Å². The van der Waals surface area contributed by atoms with Gasteiger partial charge in [-0.25, -0.2) is 8.42 Å². The normalized spacial score (nSPS) is 26.2. The molecule has 3 fully saturated rings. The number of hydrogen-bond donors (Lipinski definition) is 15. The number of aliphatic hydroxyl groups is 8. The molecule has 34 heteroatoms. The second kappa shape index (κ2) is 31.1. The summed E-state index contributed by atoms with van der Waals surface area (Å²) >= 11 is 0. The summed E-state index contributed by atoms with van der Waals surface area (Å²) in [6.07, 6.45) is -17.4. The molecule has 4 unspecified atom stereocenters. The van der Waals surface area contributed by atoms with Crippen molar-refractivity contribution in [3.63, 3.8) is 0 Å². The first-order valence-electron chi connectivity index (χ1n) is 28.1. The van der Waals surface area contributed by atoms with Gasteiger partial charge in [0.2, 0.25) is 41.4 Å². The third kappa shape index (κ3) is 17.8. The Morgan fingerprint density at radius 2 is 1.48 bits per heavy atom. The average molecular weight is 1290 g/mol. The van der Waals surface area contributed by atoms with E-state index in [1.165, 1.54) is 31.2 Å². The SMILES string of the molecule is CCCCCOc1cccc(-c2cc(-c3ccc(C(=O)N[C@H]4C[C@@H](O)C(O)NC(=O)[C@@H]5[C@@H](O)C(C)CN5C(=O)[C@H]([C@H](O)CC(N)=O)NC(=O)C([C@H](O)[C@@H](O)c5ccc(O)c(OS(=O)(=O)[O-])c5)NC(=O)[C@@H]5C[C@@H](O)CN5C(=O)C([C@@H](C)O)NC4=O)cc3)no2)c1.[Na+]. The number of rotatable bonds is 18. The molecule has 90 heavy (non-hydrogen) atoms. The summed E-state index contributed by atoms with van der Waals surface area (Å²) in [5.41, 5.74) is 6.10. The minimum absolute atomic E-state index is 0. The van der Waals surface area contributed by atoms with Crippen LogP contribution in [0.15, 0.2) is 77.3 Å². The topological polar surface area (TPSA) is 513 Å². The Hall–Kier alpha value is -7.38. The third-order valence-corrected chi connectivity index (χ3v) is 15.5. The van der Waals surface area contributed by atoms with Crippen molar-refractivity contribution < 1.29 is 140 Å². The summed E-state index contributed by atoms with van der Waals surface area (Å²) in [7, 11) is -5.60. The summed E-state index contributed by atoms with van der Waals surface area (Å²) in [4.78, 5) is 115. The third-order valence-electron chi connectivity index (χ3n) is 15.2. The van der Waals surface area contributed by atoms with Crippen LogP contribution in [-0.4, -0.2) is 220 Å². The molecule has 3 aromatic carbocycles. The number of amides is 8. The number of carbonyl (C=O) groups is 8. The Bertz CT molecular complexity index is 3360. The average Bonchev–Trinajstić information content (AvgIpc) is 1.61. The number of aromatic hydroxyl groups is 1. The fourth-order valence-electron chi connectivity index (χ4n) is 10.4. The molecule has 8 amide bonds. The van der Waals surface area contributed by atoms with Crippen LogP contribution in [0.2, 0.25) is 0 Å². The minimum Gasteiger partial charge on any atom is -0.716 e. The number of carbonyl (C=O) groups excluding carboxylic acids is 8. The smallest absolute Gasteiger partial charge is 0.716 e. The summed E-state index contributed by atoms with van der Waals surface area (Å²) in [5, 5.41) is 116. The quantitative estimate of drug-likeness (QED) is 0.0190. The Kier molecular flexibility index (Phi) is 24.8. The van der Waals surface area contributed by atoms with Gasteiger partial charge in [0.1, 0.15) is 66.0 Å². The van der Waals surface area contributed by atoms with E-state index in [0.29, 0.717) is 56.9 Å². The number of hydrogen-bond acceptors (Lipinski definition) is 24. The number of primary amides is 1. The molecule has 0 saturated carbocycles. The van der Waals surface area contributed by atoms with Crippen molar-refractivity contribution in [2.45, 2.75) is 145 Å². The van der Waals surface area contributed by atoms with E-state index in [1.54, 1.807) is 30.3 Å². The van der Waals surface area contributed by atoms with Crippen LogP contribution in [0.5, 0.6) is 17.2 Å². The molecule has 3 aliphatic heterocycles. The van der Waals surface area contributed by atoms with E-state index in [4.69, 9.17) is 15.0 Å². The molecule has 3 saturated heterocycles. The standard InChI is InChI=1S/C56H71N9O23S.Na/c1-4-5-6-16-86-32-9-7-8-29(17-32)39-21-33(63-87-39)27-10-12-28(13-11-27)49(75)58-34-20-38(70)52(78)62-54(80)45-46(72)25(2)23-65(45)56(82)43(37(69)22-41(57)71)60-53(79)44(48(74)47(73)30-14-15-36(68)40(18-30)88-89(83,84)85)61-51(77)35-19-31(67)24-64(35)55(81)42(26(3)66)59-50(34)76;/h7-15,17-18,21,25-26,31,34-35,37-38,42-48,52,66-70,72-74,78H,4-6,16,19-20,22-24H2,1-3H3,(H2,57,71)(H,58,75)(H,59,76)(H,60,79)(H,61,77)(H,62,80)(H,83,84,85);/q;+1/p-1/t25?,26-,31-,34+,35+,37-,38-,42?,43+,44?,45+,46+,47+,48+,52?;/m1./s1. The van der Waals surface area contributed by atoms with Gasteiger partial charge in [-0.3, -0.25) is 38.4 Å². The zero-order chi connectivity index (χ0) is 65.3. The molecule has 484 valence electrons. The number of phenols is 1. The van der Waals surface area contributed by atoms with E-state index in [0.717, 1.165) is 32.3 Å². The molecule has 15 atom stereocenters. The van der Waals surface area contributed by atoms with Gasteiger partial charge in [0.25, 0.3) is 16.3 Å².